The molecule has 0 radical (unpaired) electrons. The summed E-state index contributed by atoms with van der Waals surface area (Å²) in [5.41, 5.74) is 0. The van der Waals surface area contributed by atoms with Gasteiger partial charge in [0.05, 0.1) is 7.11 Å². The fraction of sp³-hybridized carbons (Fsp3) is 0.571. The maximum Gasteiger partial charge on any atom is 0.216 e. The molecule has 0 N–H and O–H groups in total. The lowest BCUT2D eigenvalue weighted by Gasteiger charge is -2.22. The molecule has 0 aliphatic carbocycles. The molecule has 0 atom stereocenters. The van der Waals surface area contributed by atoms with Crippen LogP contribution in [0.25, 0.3) is 0 Å². The summed E-state index contributed by atoms with van der Waals surface area (Å²) in [5.74, 6) is 0.682. The van der Waals surface area contributed by atoms with Crippen molar-refractivity contribution in [2.45, 2.75) is 12.8 Å². The Labute approximate surface area is 60.3 Å². The lowest BCUT2D eigenvalue weighted by molar-refractivity contribution is -0.118. The second kappa shape index (κ2) is 3.25. The first-order valence-corrected chi connectivity index (χ1v) is 3.34. The average Bonchev–Trinajstić information content (AvgIpc) is 2.04. The highest BCUT2D eigenvalue weighted by molar-refractivity contribution is 5.50. The SMILES string of the molecule is COC1=CCCCN1C=O. The smallest absolute Gasteiger partial charge is 0.216 e. The summed E-state index contributed by atoms with van der Waals surface area (Å²) >= 11 is 0. The van der Waals surface area contributed by atoms with Gasteiger partial charge in [-0.1, -0.05) is 0 Å². The molecule has 1 aliphatic rings. The molecule has 1 aliphatic heterocycles. The molecular weight excluding hydrogens is 130 g/mol. The lowest BCUT2D eigenvalue weighted by Crippen LogP contribution is -2.26. The van der Waals surface area contributed by atoms with E-state index in [-0.39, 0.29) is 0 Å². The van der Waals surface area contributed by atoms with E-state index in [1.807, 2.05) is 6.08 Å². The van der Waals surface area contributed by atoms with Crippen molar-refractivity contribution in [2.24, 2.45) is 0 Å². The second-order valence-electron chi connectivity index (χ2n) is 2.19. The Kier molecular flexibility index (Phi) is 2.31. The lowest BCUT2D eigenvalue weighted by atomic mass is 10.2. The van der Waals surface area contributed by atoms with Crippen molar-refractivity contribution >= 4 is 6.41 Å². The van der Waals surface area contributed by atoms with E-state index in [0.29, 0.717) is 5.88 Å². The van der Waals surface area contributed by atoms with Gasteiger partial charge < -0.3 is 4.74 Å². The molecular formula is C7H11NO2. The minimum Gasteiger partial charge on any atom is -0.482 e. The Morgan fingerprint density at radius 1 is 1.80 bits per heavy atom. The zero-order valence-electron chi connectivity index (χ0n) is 6.04. The van der Waals surface area contributed by atoms with E-state index in [1.165, 1.54) is 0 Å². The summed E-state index contributed by atoms with van der Waals surface area (Å²) < 4.78 is 4.95. The van der Waals surface area contributed by atoms with Crippen LogP contribution in [0.4, 0.5) is 0 Å². The number of rotatable bonds is 2. The summed E-state index contributed by atoms with van der Waals surface area (Å²) in [6.07, 6.45) is 4.77. The molecule has 0 saturated heterocycles. The van der Waals surface area contributed by atoms with Crippen LogP contribution >= 0.6 is 0 Å². The third-order valence-corrected chi connectivity index (χ3v) is 1.54. The van der Waals surface area contributed by atoms with Crippen LogP contribution in [0.5, 0.6) is 0 Å². The van der Waals surface area contributed by atoms with Crippen molar-refractivity contribution in [3.8, 4) is 0 Å². The zero-order chi connectivity index (χ0) is 7.40. The first-order valence-electron chi connectivity index (χ1n) is 3.34. The molecule has 0 saturated carbocycles. The molecule has 3 nitrogen and oxygen atoms in total. The molecule has 10 heavy (non-hydrogen) atoms. The van der Waals surface area contributed by atoms with Gasteiger partial charge in [-0.15, -0.1) is 0 Å². The van der Waals surface area contributed by atoms with Crippen molar-refractivity contribution in [3.63, 3.8) is 0 Å². The number of hydrogen-bond acceptors (Lipinski definition) is 2. The molecule has 0 aromatic rings. The standard InChI is InChI=1S/C7H11NO2/c1-10-7-4-2-3-5-8(7)6-9/h4,6H,2-3,5H2,1H3. The van der Waals surface area contributed by atoms with Gasteiger partial charge >= 0.3 is 0 Å². The minimum absolute atomic E-state index is 0.682. The summed E-state index contributed by atoms with van der Waals surface area (Å²) in [6, 6.07) is 0. The van der Waals surface area contributed by atoms with Crippen LogP contribution in [-0.2, 0) is 9.53 Å². The third kappa shape index (κ3) is 1.29. The largest absolute Gasteiger partial charge is 0.482 e. The predicted molar refractivity (Wildman–Crippen MR) is 37.1 cm³/mol. The summed E-state index contributed by atoms with van der Waals surface area (Å²) in [7, 11) is 1.58. The molecule has 0 fully saturated rings. The Morgan fingerprint density at radius 2 is 2.60 bits per heavy atom. The van der Waals surface area contributed by atoms with E-state index in [0.717, 1.165) is 25.8 Å². The molecule has 1 heterocycles. The quantitative estimate of drug-likeness (QED) is 0.530. The van der Waals surface area contributed by atoms with Gasteiger partial charge in [-0.05, 0) is 18.9 Å². The van der Waals surface area contributed by atoms with Gasteiger partial charge in [0.25, 0.3) is 0 Å². The summed E-state index contributed by atoms with van der Waals surface area (Å²) in [5, 5.41) is 0. The van der Waals surface area contributed by atoms with Crippen LogP contribution in [-0.4, -0.2) is 25.0 Å². The highest BCUT2D eigenvalue weighted by Gasteiger charge is 2.11. The van der Waals surface area contributed by atoms with Crippen LogP contribution in [0.1, 0.15) is 12.8 Å². The molecule has 0 spiro atoms. The van der Waals surface area contributed by atoms with Gasteiger partial charge in [-0.25, -0.2) is 0 Å². The van der Waals surface area contributed by atoms with E-state index < -0.39 is 0 Å². The monoisotopic (exact) mass is 141 g/mol. The highest BCUT2D eigenvalue weighted by Crippen LogP contribution is 2.12. The van der Waals surface area contributed by atoms with Gasteiger partial charge in [0.15, 0.2) is 5.88 Å². The minimum atomic E-state index is 0.682. The Bertz CT molecular complexity index is 154. The second-order valence-corrected chi connectivity index (χ2v) is 2.19. The molecule has 56 valence electrons. The Balaban J connectivity index is 2.62. The van der Waals surface area contributed by atoms with Crippen LogP contribution < -0.4 is 0 Å². The van der Waals surface area contributed by atoms with Crippen molar-refractivity contribution in [3.05, 3.63) is 12.0 Å². The molecule has 3 heteroatoms. The van der Waals surface area contributed by atoms with Gasteiger partial charge in [0.2, 0.25) is 6.41 Å². The van der Waals surface area contributed by atoms with Crippen molar-refractivity contribution in [1.29, 1.82) is 0 Å². The average molecular weight is 141 g/mol. The van der Waals surface area contributed by atoms with E-state index >= 15 is 0 Å². The number of carbonyl (C=O) groups excluding carboxylic acids is 1. The number of ether oxygens (including phenoxy) is 1. The topological polar surface area (TPSA) is 29.5 Å². The van der Waals surface area contributed by atoms with Crippen LogP contribution in [0.3, 0.4) is 0 Å². The zero-order valence-corrected chi connectivity index (χ0v) is 6.04. The van der Waals surface area contributed by atoms with E-state index in [9.17, 15) is 4.79 Å². The summed E-state index contributed by atoms with van der Waals surface area (Å²) in [6.45, 7) is 0.781. The van der Waals surface area contributed by atoms with E-state index in [4.69, 9.17) is 4.74 Å². The predicted octanol–water partition coefficient (Wildman–Crippen LogP) is 0.726. The van der Waals surface area contributed by atoms with E-state index in [2.05, 4.69) is 0 Å². The van der Waals surface area contributed by atoms with Crippen LogP contribution in [0.15, 0.2) is 12.0 Å². The van der Waals surface area contributed by atoms with Gasteiger partial charge in [0.1, 0.15) is 0 Å². The van der Waals surface area contributed by atoms with Crippen molar-refractivity contribution in [2.75, 3.05) is 13.7 Å². The van der Waals surface area contributed by atoms with Gasteiger partial charge in [0, 0.05) is 6.54 Å². The molecule has 0 aromatic carbocycles. The summed E-state index contributed by atoms with van der Waals surface area (Å²) in [4.78, 5) is 11.9. The Morgan fingerprint density at radius 3 is 3.10 bits per heavy atom. The van der Waals surface area contributed by atoms with Crippen molar-refractivity contribution in [1.82, 2.24) is 4.90 Å². The fourth-order valence-electron chi connectivity index (χ4n) is 1.02. The molecule has 0 bridgehead atoms. The molecule has 0 aromatic heterocycles. The number of methoxy groups -OCH3 is 1. The molecule has 0 unspecified atom stereocenters. The number of allylic oxidation sites excluding steroid dienone is 1. The number of carbonyl (C=O) groups is 1. The first kappa shape index (κ1) is 7.12. The Hall–Kier alpha value is -0.990. The number of hydrogen-bond donors (Lipinski definition) is 0. The van der Waals surface area contributed by atoms with Gasteiger partial charge in [-0.2, -0.15) is 0 Å². The van der Waals surface area contributed by atoms with Gasteiger partial charge in [-0.3, -0.25) is 9.69 Å². The normalized spacial score (nSPS) is 18.1. The molecule has 1 rings (SSSR count). The highest BCUT2D eigenvalue weighted by atomic mass is 16.5. The van der Waals surface area contributed by atoms with Crippen LogP contribution in [0.2, 0.25) is 0 Å². The third-order valence-electron chi connectivity index (χ3n) is 1.54. The molecule has 1 amide bonds. The number of amides is 1. The van der Waals surface area contributed by atoms with E-state index in [1.54, 1.807) is 12.0 Å². The maximum absolute atomic E-state index is 10.3. The van der Waals surface area contributed by atoms with Crippen LogP contribution in [0, 0.1) is 0 Å². The number of nitrogens with zero attached hydrogens (tertiary/aromatic N) is 1. The fourth-order valence-corrected chi connectivity index (χ4v) is 1.02. The first-order chi connectivity index (χ1) is 4.88. The van der Waals surface area contributed by atoms with Crippen molar-refractivity contribution < 1.29 is 9.53 Å². The maximum atomic E-state index is 10.3.